The van der Waals surface area contributed by atoms with Crippen LogP contribution in [0.1, 0.15) is 23.3 Å². The number of anilines is 1. The van der Waals surface area contributed by atoms with Gasteiger partial charge in [0, 0.05) is 12.1 Å². The van der Waals surface area contributed by atoms with Gasteiger partial charge in [0.1, 0.15) is 12.1 Å². The summed E-state index contributed by atoms with van der Waals surface area (Å²) in [6, 6.07) is 1.38. The minimum Gasteiger partial charge on any atom is -0.381 e. The SMILES string of the molecule is O=C(OC(=O)C(F)(F)F)c1cc(NC2CC2)ncn1. The highest BCUT2D eigenvalue weighted by molar-refractivity contribution is 5.97. The van der Waals surface area contributed by atoms with E-state index in [9.17, 15) is 22.8 Å². The van der Waals surface area contributed by atoms with Crippen LogP contribution in [0.2, 0.25) is 0 Å². The molecule has 0 atom stereocenters. The number of halogens is 3. The molecule has 9 heteroatoms. The molecule has 1 aromatic heterocycles. The molecule has 1 aliphatic carbocycles. The molecule has 1 heterocycles. The van der Waals surface area contributed by atoms with E-state index in [1.165, 1.54) is 0 Å². The van der Waals surface area contributed by atoms with E-state index in [0.717, 1.165) is 25.2 Å². The van der Waals surface area contributed by atoms with Crippen LogP contribution in [-0.2, 0) is 9.53 Å². The van der Waals surface area contributed by atoms with Crippen LogP contribution in [-0.4, -0.2) is 34.1 Å². The quantitative estimate of drug-likeness (QED) is 0.661. The van der Waals surface area contributed by atoms with Crippen LogP contribution in [0.3, 0.4) is 0 Å². The van der Waals surface area contributed by atoms with Crippen molar-refractivity contribution in [3.05, 3.63) is 18.1 Å². The number of carbonyl (C=O) groups is 2. The lowest BCUT2D eigenvalue weighted by molar-refractivity contribution is -0.193. The van der Waals surface area contributed by atoms with Gasteiger partial charge >= 0.3 is 18.1 Å². The van der Waals surface area contributed by atoms with E-state index >= 15 is 0 Å². The van der Waals surface area contributed by atoms with Gasteiger partial charge in [-0.05, 0) is 12.8 Å². The number of aromatic nitrogens is 2. The number of nitrogens with one attached hydrogen (secondary N) is 1. The van der Waals surface area contributed by atoms with E-state index in [1.54, 1.807) is 0 Å². The van der Waals surface area contributed by atoms with E-state index in [2.05, 4.69) is 20.0 Å². The Balaban J connectivity index is 2.04. The van der Waals surface area contributed by atoms with Crippen LogP contribution in [0.15, 0.2) is 12.4 Å². The standard InChI is InChI=1S/C10H8F3N3O3/c11-10(12,13)9(18)19-8(17)6-3-7(15-4-14-6)16-5-1-2-5/h3-5H,1-2H2,(H,14,15,16). The lowest BCUT2D eigenvalue weighted by Crippen LogP contribution is -2.28. The number of ether oxygens (including phenoxy) is 1. The second kappa shape index (κ2) is 4.82. The first-order valence-electron chi connectivity index (χ1n) is 5.28. The Morgan fingerprint density at radius 1 is 1.32 bits per heavy atom. The number of carbonyl (C=O) groups excluding carboxylic acids is 2. The van der Waals surface area contributed by atoms with Crippen LogP contribution in [0.25, 0.3) is 0 Å². The fraction of sp³-hybridized carbons (Fsp3) is 0.400. The van der Waals surface area contributed by atoms with Gasteiger partial charge in [0.2, 0.25) is 0 Å². The molecule has 6 nitrogen and oxygen atoms in total. The van der Waals surface area contributed by atoms with Crippen molar-refractivity contribution in [2.45, 2.75) is 25.1 Å². The third kappa shape index (κ3) is 3.63. The van der Waals surface area contributed by atoms with E-state index in [1.807, 2.05) is 0 Å². The predicted octanol–water partition coefficient (Wildman–Crippen LogP) is 1.30. The molecule has 1 fully saturated rings. The van der Waals surface area contributed by atoms with Crippen LogP contribution in [0.4, 0.5) is 19.0 Å². The van der Waals surface area contributed by atoms with Crippen molar-refractivity contribution in [2.24, 2.45) is 0 Å². The van der Waals surface area contributed by atoms with E-state index in [0.29, 0.717) is 5.82 Å². The molecule has 1 aromatic rings. The Bertz CT molecular complexity index is 514. The molecule has 0 unspecified atom stereocenters. The highest BCUT2D eigenvalue weighted by Gasteiger charge is 2.42. The first-order chi connectivity index (χ1) is 8.86. The third-order valence-corrected chi connectivity index (χ3v) is 2.22. The van der Waals surface area contributed by atoms with Crippen molar-refractivity contribution in [3.8, 4) is 0 Å². The summed E-state index contributed by atoms with van der Waals surface area (Å²) < 4.78 is 39.4. The molecule has 0 aliphatic heterocycles. The van der Waals surface area contributed by atoms with Crippen LogP contribution < -0.4 is 5.32 Å². The van der Waals surface area contributed by atoms with Crippen LogP contribution >= 0.6 is 0 Å². The second-order valence-electron chi connectivity index (χ2n) is 3.88. The van der Waals surface area contributed by atoms with Crippen molar-refractivity contribution < 1.29 is 27.5 Å². The number of nitrogens with zero attached hydrogens (tertiary/aromatic N) is 2. The van der Waals surface area contributed by atoms with Crippen molar-refractivity contribution >= 4 is 17.8 Å². The Kier molecular flexibility index (Phi) is 3.36. The number of esters is 2. The molecule has 0 amide bonds. The molecule has 19 heavy (non-hydrogen) atoms. The van der Waals surface area contributed by atoms with Gasteiger partial charge in [-0.3, -0.25) is 0 Å². The zero-order chi connectivity index (χ0) is 14.0. The van der Waals surface area contributed by atoms with Crippen molar-refractivity contribution in [1.82, 2.24) is 9.97 Å². The summed E-state index contributed by atoms with van der Waals surface area (Å²) in [6.07, 6.45) is -2.32. The first-order valence-corrected chi connectivity index (χ1v) is 5.28. The Morgan fingerprint density at radius 3 is 2.58 bits per heavy atom. The molecule has 0 aromatic carbocycles. The summed E-state index contributed by atoms with van der Waals surface area (Å²) in [7, 11) is 0. The highest BCUT2D eigenvalue weighted by Crippen LogP contribution is 2.23. The van der Waals surface area contributed by atoms with Gasteiger partial charge in [0.15, 0.2) is 5.69 Å². The first kappa shape index (κ1) is 13.2. The van der Waals surface area contributed by atoms with Crippen molar-refractivity contribution in [2.75, 3.05) is 5.32 Å². The molecule has 1 aliphatic rings. The van der Waals surface area contributed by atoms with Crippen molar-refractivity contribution in [1.29, 1.82) is 0 Å². The second-order valence-corrected chi connectivity index (χ2v) is 3.88. The van der Waals surface area contributed by atoms with Crippen molar-refractivity contribution in [3.63, 3.8) is 0 Å². The lowest BCUT2D eigenvalue weighted by Gasteiger charge is -2.06. The normalized spacial score (nSPS) is 14.9. The molecular weight excluding hydrogens is 267 g/mol. The zero-order valence-corrected chi connectivity index (χ0v) is 9.40. The summed E-state index contributed by atoms with van der Waals surface area (Å²) in [6.45, 7) is 0. The third-order valence-electron chi connectivity index (χ3n) is 2.22. The topological polar surface area (TPSA) is 81.2 Å². The van der Waals surface area contributed by atoms with E-state index < -0.39 is 23.8 Å². The number of rotatable bonds is 3. The fourth-order valence-electron chi connectivity index (χ4n) is 1.18. The molecule has 0 spiro atoms. The maximum atomic E-state index is 11.9. The average Bonchev–Trinajstić information content (AvgIpc) is 3.12. The summed E-state index contributed by atoms with van der Waals surface area (Å²) in [5.41, 5.74) is -0.421. The largest absolute Gasteiger partial charge is 0.491 e. The zero-order valence-electron chi connectivity index (χ0n) is 9.40. The van der Waals surface area contributed by atoms with Gasteiger partial charge < -0.3 is 10.1 Å². The maximum Gasteiger partial charge on any atom is 0.491 e. The minimum atomic E-state index is -5.22. The van der Waals surface area contributed by atoms with Crippen LogP contribution in [0.5, 0.6) is 0 Å². The predicted molar refractivity (Wildman–Crippen MR) is 55.2 cm³/mol. The monoisotopic (exact) mass is 275 g/mol. The summed E-state index contributed by atoms with van der Waals surface area (Å²) >= 11 is 0. The van der Waals surface area contributed by atoms with Crippen LogP contribution in [0, 0.1) is 0 Å². The average molecular weight is 275 g/mol. The van der Waals surface area contributed by atoms with E-state index in [4.69, 9.17) is 0 Å². The van der Waals surface area contributed by atoms with E-state index in [-0.39, 0.29) is 6.04 Å². The minimum absolute atomic E-state index is 0.246. The molecule has 0 radical (unpaired) electrons. The summed E-state index contributed by atoms with van der Waals surface area (Å²) in [5, 5.41) is 2.93. The number of hydrogen-bond acceptors (Lipinski definition) is 6. The number of alkyl halides is 3. The Hall–Kier alpha value is -2.19. The summed E-state index contributed by atoms with van der Waals surface area (Å²) in [4.78, 5) is 29.0. The molecule has 2 rings (SSSR count). The Morgan fingerprint density at radius 2 is 2.00 bits per heavy atom. The lowest BCUT2D eigenvalue weighted by atomic mass is 10.4. The molecule has 102 valence electrons. The maximum absolute atomic E-state index is 11.9. The number of hydrogen-bond donors (Lipinski definition) is 1. The molecule has 1 saturated carbocycles. The van der Waals surface area contributed by atoms with Gasteiger partial charge in [-0.25, -0.2) is 19.6 Å². The smallest absolute Gasteiger partial charge is 0.381 e. The van der Waals surface area contributed by atoms with Gasteiger partial charge in [0.05, 0.1) is 0 Å². The summed E-state index contributed by atoms with van der Waals surface area (Å²) in [5.74, 6) is -3.75. The fourth-order valence-corrected chi connectivity index (χ4v) is 1.18. The van der Waals surface area contributed by atoms with Gasteiger partial charge in [-0.15, -0.1) is 0 Å². The van der Waals surface area contributed by atoms with Gasteiger partial charge in [-0.1, -0.05) is 0 Å². The Labute approximate surface area is 105 Å². The molecule has 0 bridgehead atoms. The molecular formula is C10H8F3N3O3. The van der Waals surface area contributed by atoms with Gasteiger partial charge in [0.25, 0.3) is 0 Å². The molecule has 0 saturated heterocycles. The molecule has 1 N–H and O–H groups in total. The van der Waals surface area contributed by atoms with Gasteiger partial charge in [-0.2, -0.15) is 13.2 Å². The highest BCUT2D eigenvalue weighted by atomic mass is 19.4.